The number of hydrogen-bond donors (Lipinski definition) is 2. The fourth-order valence-corrected chi connectivity index (χ4v) is 3.06. The molecule has 1 saturated heterocycles. The van der Waals surface area contributed by atoms with Gasteiger partial charge in [0.05, 0.1) is 5.56 Å². The van der Waals surface area contributed by atoms with Gasteiger partial charge in [-0.15, -0.1) is 11.8 Å². The van der Waals surface area contributed by atoms with Crippen molar-refractivity contribution in [1.29, 1.82) is 0 Å². The van der Waals surface area contributed by atoms with Crippen LogP contribution in [0.2, 0.25) is 0 Å². The Bertz CT molecular complexity index is 445. The van der Waals surface area contributed by atoms with E-state index in [2.05, 4.69) is 10.1 Å². The van der Waals surface area contributed by atoms with Crippen molar-refractivity contribution >= 4 is 17.6 Å². The molecule has 0 saturated carbocycles. The molecule has 0 amide bonds. The van der Waals surface area contributed by atoms with Crippen LogP contribution in [0.4, 0.5) is 0 Å². The molecule has 0 aliphatic carbocycles. The van der Waals surface area contributed by atoms with Gasteiger partial charge in [-0.05, 0) is 31.9 Å². The van der Waals surface area contributed by atoms with E-state index < -0.39 is 0 Å². The van der Waals surface area contributed by atoms with Crippen molar-refractivity contribution in [1.82, 2.24) is 4.98 Å². The summed E-state index contributed by atoms with van der Waals surface area (Å²) >= 11 is 1.69. The van der Waals surface area contributed by atoms with Crippen molar-refractivity contribution in [2.24, 2.45) is 10.9 Å². The molecule has 18 heavy (non-hydrogen) atoms. The first-order valence-corrected chi connectivity index (χ1v) is 6.78. The van der Waals surface area contributed by atoms with Gasteiger partial charge in [0.1, 0.15) is 5.03 Å². The number of amidine groups is 1. The molecule has 3 N–H and O–H groups in total. The molecule has 1 fully saturated rings. The minimum atomic E-state index is 0.108. The third-order valence-corrected chi connectivity index (χ3v) is 4.17. The van der Waals surface area contributed by atoms with E-state index in [0.29, 0.717) is 10.8 Å². The third-order valence-electron chi connectivity index (χ3n) is 2.83. The average Bonchev–Trinajstić information content (AvgIpc) is 2.39. The number of oxime groups is 1. The molecule has 5 nitrogen and oxygen atoms in total. The average molecular weight is 267 g/mol. The fraction of sp³-hybridized carbons (Fsp3) is 0.500. The van der Waals surface area contributed by atoms with Crippen molar-refractivity contribution in [3.05, 3.63) is 23.4 Å². The van der Waals surface area contributed by atoms with E-state index in [4.69, 9.17) is 15.7 Å². The van der Waals surface area contributed by atoms with Gasteiger partial charge >= 0.3 is 0 Å². The second kappa shape index (κ2) is 6.06. The molecule has 0 aromatic carbocycles. The number of nitrogens with two attached hydrogens (primary N) is 1. The molecular weight excluding hydrogens is 250 g/mol. The molecule has 0 atom stereocenters. The first kappa shape index (κ1) is 13.2. The Labute approximate surface area is 110 Å². The highest BCUT2D eigenvalue weighted by Crippen LogP contribution is 2.30. The van der Waals surface area contributed by atoms with E-state index in [0.717, 1.165) is 36.8 Å². The molecule has 6 heteroatoms. The highest BCUT2D eigenvalue weighted by atomic mass is 32.2. The van der Waals surface area contributed by atoms with Crippen molar-refractivity contribution in [3.8, 4) is 0 Å². The molecule has 1 aliphatic rings. The van der Waals surface area contributed by atoms with Gasteiger partial charge in [-0.1, -0.05) is 5.16 Å². The first-order valence-electron chi connectivity index (χ1n) is 5.90. The number of aryl methyl sites for hydroxylation is 1. The van der Waals surface area contributed by atoms with Crippen molar-refractivity contribution < 1.29 is 9.94 Å². The number of hydrogen-bond acceptors (Lipinski definition) is 5. The fourth-order valence-electron chi connectivity index (χ4n) is 1.82. The summed E-state index contributed by atoms with van der Waals surface area (Å²) in [4.78, 5) is 4.49. The van der Waals surface area contributed by atoms with Crippen LogP contribution in [0.15, 0.2) is 22.3 Å². The van der Waals surface area contributed by atoms with Gasteiger partial charge in [0, 0.05) is 24.2 Å². The summed E-state index contributed by atoms with van der Waals surface area (Å²) < 4.78 is 5.34. The standard InChI is InChI=1S/C12H17N3O2S/c1-8-2-3-10(11(13)15-16)12(14-8)18-9-4-6-17-7-5-9/h2-3,9,16H,4-7H2,1H3,(H2,13,15). The first-order chi connectivity index (χ1) is 8.70. The maximum atomic E-state index is 8.79. The van der Waals surface area contributed by atoms with Crippen LogP contribution in [-0.2, 0) is 4.74 Å². The van der Waals surface area contributed by atoms with Crippen LogP contribution < -0.4 is 5.73 Å². The lowest BCUT2D eigenvalue weighted by Crippen LogP contribution is -2.20. The number of pyridine rings is 1. The van der Waals surface area contributed by atoms with Crippen LogP contribution >= 0.6 is 11.8 Å². The van der Waals surface area contributed by atoms with Gasteiger partial charge in [0.15, 0.2) is 5.84 Å². The van der Waals surface area contributed by atoms with E-state index >= 15 is 0 Å². The van der Waals surface area contributed by atoms with Crippen molar-refractivity contribution in [2.45, 2.75) is 30.0 Å². The second-order valence-electron chi connectivity index (χ2n) is 4.22. The molecule has 1 aliphatic heterocycles. The summed E-state index contributed by atoms with van der Waals surface area (Å²) in [5, 5.41) is 13.2. The van der Waals surface area contributed by atoms with E-state index in [1.807, 2.05) is 19.1 Å². The quantitative estimate of drug-likeness (QED) is 0.377. The smallest absolute Gasteiger partial charge is 0.172 e. The Balaban J connectivity index is 2.21. The number of rotatable bonds is 3. The summed E-state index contributed by atoms with van der Waals surface area (Å²) in [7, 11) is 0. The highest BCUT2D eigenvalue weighted by molar-refractivity contribution is 7.99. The van der Waals surface area contributed by atoms with E-state index in [-0.39, 0.29) is 5.84 Å². The molecule has 2 heterocycles. The predicted octanol–water partition coefficient (Wildman–Crippen LogP) is 1.76. The normalized spacial score (nSPS) is 17.9. The maximum Gasteiger partial charge on any atom is 0.172 e. The predicted molar refractivity (Wildman–Crippen MR) is 71.2 cm³/mol. The Kier molecular flexibility index (Phi) is 4.43. The minimum Gasteiger partial charge on any atom is -0.409 e. The molecule has 2 rings (SSSR count). The molecule has 0 unspecified atom stereocenters. The number of nitrogens with zero attached hydrogens (tertiary/aromatic N) is 2. The molecule has 1 aromatic rings. The van der Waals surface area contributed by atoms with Crippen LogP contribution in [0.3, 0.4) is 0 Å². The van der Waals surface area contributed by atoms with Crippen LogP contribution in [-0.4, -0.2) is 34.5 Å². The number of ether oxygens (including phenoxy) is 1. The minimum absolute atomic E-state index is 0.108. The molecule has 1 aromatic heterocycles. The molecule has 98 valence electrons. The topological polar surface area (TPSA) is 80.7 Å². The lowest BCUT2D eigenvalue weighted by molar-refractivity contribution is 0.1000. The zero-order valence-electron chi connectivity index (χ0n) is 10.3. The van der Waals surface area contributed by atoms with Gasteiger partial charge in [-0.3, -0.25) is 0 Å². The summed E-state index contributed by atoms with van der Waals surface area (Å²) in [6, 6.07) is 3.71. The Morgan fingerprint density at radius 2 is 2.22 bits per heavy atom. The third kappa shape index (κ3) is 3.14. The zero-order valence-corrected chi connectivity index (χ0v) is 11.1. The molecular formula is C12H17N3O2S. The summed E-state index contributed by atoms with van der Waals surface area (Å²) in [5.41, 5.74) is 7.30. The molecule has 0 radical (unpaired) electrons. The number of aromatic nitrogens is 1. The Morgan fingerprint density at radius 1 is 1.50 bits per heavy atom. The van der Waals surface area contributed by atoms with Gasteiger partial charge in [0.2, 0.25) is 0 Å². The summed E-state index contributed by atoms with van der Waals surface area (Å²) in [5.74, 6) is 0.108. The highest BCUT2D eigenvalue weighted by Gasteiger charge is 2.19. The Morgan fingerprint density at radius 3 is 2.89 bits per heavy atom. The van der Waals surface area contributed by atoms with Gasteiger partial charge in [-0.2, -0.15) is 0 Å². The van der Waals surface area contributed by atoms with Gasteiger partial charge < -0.3 is 15.7 Å². The van der Waals surface area contributed by atoms with Crippen LogP contribution in [0.25, 0.3) is 0 Å². The monoisotopic (exact) mass is 267 g/mol. The maximum absolute atomic E-state index is 8.79. The zero-order chi connectivity index (χ0) is 13.0. The van der Waals surface area contributed by atoms with Crippen molar-refractivity contribution in [2.75, 3.05) is 13.2 Å². The van der Waals surface area contributed by atoms with Crippen LogP contribution in [0, 0.1) is 6.92 Å². The van der Waals surface area contributed by atoms with Crippen molar-refractivity contribution in [3.63, 3.8) is 0 Å². The SMILES string of the molecule is Cc1ccc(C(N)=NO)c(SC2CCOCC2)n1. The van der Waals surface area contributed by atoms with Crippen LogP contribution in [0.1, 0.15) is 24.1 Å². The number of thioether (sulfide) groups is 1. The molecule has 0 bridgehead atoms. The van der Waals surface area contributed by atoms with Crippen LogP contribution in [0.5, 0.6) is 0 Å². The lowest BCUT2D eigenvalue weighted by Gasteiger charge is -2.21. The van der Waals surface area contributed by atoms with Gasteiger partial charge in [0.25, 0.3) is 0 Å². The molecule has 0 spiro atoms. The summed E-state index contributed by atoms with van der Waals surface area (Å²) in [6.45, 7) is 3.52. The van der Waals surface area contributed by atoms with E-state index in [1.165, 1.54) is 0 Å². The van der Waals surface area contributed by atoms with E-state index in [9.17, 15) is 0 Å². The second-order valence-corrected chi connectivity index (χ2v) is 5.51. The lowest BCUT2D eigenvalue weighted by atomic mass is 10.2. The van der Waals surface area contributed by atoms with E-state index in [1.54, 1.807) is 11.8 Å². The Hall–Kier alpha value is -1.27. The summed E-state index contributed by atoms with van der Waals surface area (Å²) in [6.07, 6.45) is 2.02. The van der Waals surface area contributed by atoms with Gasteiger partial charge in [-0.25, -0.2) is 4.98 Å². The largest absolute Gasteiger partial charge is 0.409 e.